The molecule has 102 valence electrons. The molecule has 0 aromatic heterocycles. The van der Waals surface area contributed by atoms with Gasteiger partial charge in [0.1, 0.15) is 5.75 Å². The van der Waals surface area contributed by atoms with Crippen LogP contribution in [0.2, 0.25) is 0 Å². The van der Waals surface area contributed by atoms with E-state index in [1.54, 1.807) is 37.5 Å². The van der Waals surface area contributed by atoms with Gasteiger partial charge in [0.25, 0.3) is 0 Å². The van der Waals surface area contributed by atoms with E-state index in [0.29, 0.717) is 5.75 Å². The standard InChI is InChI=1S/C14H19N2O2P/c1-15(2)19(17,16(3)4)18-14-11-7-9-12-8-5-6-10-13(12)14/h5-11H,1-4H3. The summed E-state index contributed by atoms with van der Waals surface area (Å²) < 4.78 is 21.9. The van der Waals surface area contributed by atoms with Gasteiger partial charge in [-0.3, -0.25) is 0 Å². The molecular weight excluding hydrogens is 259 g/mol. The highest BCUT2D eigenvalue weighted by molar-refractivity contribution is 7.54. The van der Waals surface area contributed by atoms with Gasteiger partial charge in [-0.2, -0.15) is 0 Å². The Labute approximate surface area is 114 Å². The third kappa shape index (κ3) is 2.66. The van der Waals surface area contributed by atoms with E-state index in [1.165, 1.54) is 0 Å². The number of hydrogen-bond acceptors (Lipinski definition) is 2. The summed E-state index contributed by atoms with van der Waals surface area (Å²) in [6.45, 7) is 0. The Hall–Kier alpha value is -1.35. The molecule has 0 bridgehead atoms. The molecule has 0 aliphatic carbocycles. The Morgan fingerprint density at radius 3 is 2.11 bits per heavy atom. The van der Waals surface area contributed by atoms with Crippen LogP contribution in [0.4, 0.5) is 0 Å². The van der Waals surface area contributed by atoms with E-state index < -0.39 is 7.67 Å². The van der Waals surface area contributed by atoms with Gasteiger partial charge in [0.05, 0.1) is 0 Å². The Kier molecular flexibility index (Phi) is 3.95. The highest BCUT2D eigenvalue weighted by Crippen LogP contribution is 2.51. The van der Waals surface area contributed by atoms with Crippen molar-refractivity contribution in [3.8, 4) is 5.75 Å². The van der Waals surface area contributed by atoms with Crippen LogP contribution >= 0.6 is 7.67 Å². The van der Waals surface area contributed by atoms with Crippen molar-refractivity contribution in [1.82, 2.24) is 9.34 Å². The summed E-state index contributed by atoms with van der Waals surface area (Å²) in [5.41, 5.74) is 0. The maximum absolute atomic E-state index is 12.9. The summed E-state index contributed by atoms with van der Waals surface area (Å²) in [5.74, 6) is 0.642. The van der Waals surface area contributed by atoms with Gasteiger partial charge in [-0.25, -0.2) is 13.9 Å². The molecule has 19 heavy (non-hydrogen) atoms. The number of hydrogen-bond donors (Lipinski definition) is 0. The third-order valence-electron chi connectivity index (χ3n) is 2.98. The van der Waals surface area contributed by atoms with Crippen molar-refractivity contribution in [2.45, 2.75) is 0 Å². The first-order valence-electron chi connectivity index (χ1n) is 6.08. The Bertz CT molecular complexity index is 608. The van der Waals surface area contributed by atoms with Gasteiger partial charge >= 0.3 is 7.67 Å². The second-order valence-corrected chi connectivity index (χ2v) is 7.52. The van der Waals surface area contributed by atoms with Gasteiger partial charge in [0.2, 0.25) is 0 Å². The molecule has 5 heteroatoms. The lowest BCUT2D eigenvalue weighted by atomic mass is 10.1. The van der Waals surface area contributed by atoms with Crippen LogP contribution < -0.4 is 4.52 Å². The molecule has 2 rings (SSSR count). The van der Waals surface area contributed by atoms with E-state index in [1.807, 2.05) is 42.5 Å². The number of benzene rings is 2. The summed E-state index contributed by atoms with van der Waals surface area (Å²) in [5, 5.41) is 2.04. The van der Waals surface area contributed by atoms with Gasteiger partial charge < -0.3 is 4.52 Å². The lowest BCUT2D eigenvalue weighted by Gasteiger charge is -2.30. The Morgan fingerprint density at radius 2 is 1.47 bits per heavy atom. The Morgan fingerprint density at radius 1 is 0.895 bits per heavy atom. The molecular formula is C14H19N2O2P. The first kappa shape index (κ1) is 14.1. The summed E-state index contributed by atoms with van der Waals surface area (Å²) in [6.07, 6.45) is 0. The van der Waals surface area contributed by atoms with Crippen molar-refractivity contribution in [2.75, 3.05) is 28.2 Å². The maximum Gasteiger partial charge on any atom is 0.394 e. The van der Waals surface area contributed by atoms with Gasteiger partial charge in [0.15, 0.2) is 0 Å². The minimum Gasteiger partial charge on any atom is -0.421 e. The molecule has 0 N–H and O–H groups in total. The van der Waals surface area contributed by atoms with Crippen LogP contribution in [-0.4, -0.2) is 37.5 Å². The molecule has 0 fully saturated rings. The fourth-order valence-corrected chi connectivity index (χ4v) is 3.38. The molecule has 0 saturated heterocycles. The molecule has 2 aromatic rings. The van der Waals surface area contributed by atoms with Crippen LogP contribution in [0.5, 0.6) is 5.75 Å². The normalized spacial score (nSPS) is 12.3. The van der Waals surface area contributed by atoms with Crippen molar-refractivity contribution < 1.29 is 9.09 Å². The molecule has 0 aliphatic heterocycles. The van der Waals surface area contributed by atoms with Crippen LogP contribution in [-0.2, 0) is 4.57 Å². The zero-order valence-electron chi connectivity index (χ0n) is 11.7. The van der Waals surface area contributed by atoms with Crippen molar-refractivity contribution in [3.63, 3.8) is 0 Å². The predicted octanol–water partition coefficient (Wildman–Crippen LogP) is 3.45. The number of nitrogens with zero attached hydrogens (tertiary/aromatic N) is 2. The van der Waals surface area contributed by atoms with E-state index in [0.717, 1.165) is 10.8 Å². The zero-order valence-corrected chi connectivity index (χ0v) is 12.6. The summed E-state index contributed by atoms with van der Waals surface area (Å²) in [6, 6.07) is 13.7. The predicted molar refractivity (Wildman–Crippen MR) is 79.6 cm³/mol. The largest absolute Gasteiger partial charge is 0.421 e. The summed E-state index contributed by atoms with van der Waals surface area (Å²) >= 11 is 0. The van der Waals surface area contributed by atoms with Crippen LogP contribution in [0, 0.1) is 0 Å². The number of fused-ring (bicyclic) bond motifs is 1. The monoisotopic (exact) mass is 278 g/mol. The zero-order chi connectivity index (χ0) is 14.0. The van der Waals surface area contributed by atoms with E-state index in [9.17, 15) is 4.57 Å². The third-order valence-corrected chi connectivity index (χ3v) is 5.43. The summed E-state index contributed by atoms with van der Waals surface area (Å²) in [7, 11) is 4.00. The maximum atomic E-state index is 12.9. The molecule has 0 aliphatic rings. The van der Waals surface area contributed by atoms with Crippen LogP contribution in [0.3, 0.4) is 0 Å². The minimum atomic E-state index is -3.02. The second-order valence-electron chi connectivity index (χ2n) is 4.75. The molecule has 4 nitrogen and oxygen atoms in total. The fraction of sp³-hybridized carbons (Fsp3) is 0.286. The lowest BCUT2D eigenvalue weighted by molar-refractivity contribution is 0.355. The molecule has 0 saturated carbocycles. The van der Waals surface area contributed by atoms with Crippen LogP contribution in [0.15, 0.2) is 42.5 Å². The highest BCUT2D eigenvalue weighted by Gasteiger charge is 2.31. The first-order valence-corrected chi connectivity index (χ1v) is 7.61. The highest BCUT2D eigenvalue weighted by atomic mass is 31.2. The van der Waals surface area contributed by atoms with E-state index >= 15 is 0 Å². The molecule has 0 heterocycles. The van der Waals surface area contributed by atoms with Crippen molar-refractivity contribution in [3.05, 3.63) is 42.5 Å². The van der Waals surface area contributed by atoms with Gasteiger partial charge in [-0.1, -0.05) is 36.4 Å². The van der Waals surface area contributed by atoms with Crippen LogP contribution in [0.1, 0.15) is 0 Å². The molecule has 0 atom stereocenters. The average Bonchev–Trinajstić information content (AvgIpc) is 2.38. The van der Waals surface area contributed by atoms with Crippen molar-refractivity contribution >= 4 is 18.4 Å². The minimum absolute atomic E-state index is 0.642. The smallest absolute Gasteiger partial charge is 0.394 e. The van der Waals surface area contributed by atoms with E-state index in [2.05, 4.69) is 0 Å². The van der Waals surface area contributed by atoms with E-state index in [4.69, 9.17) is 4.52 Å². The average molecular weight is 278 g/mol. The summed E-state index contributed by atoms with van der Waals surface area (Å²) in [4.78, 5) is 0. The Balaban J connectivity index is 2.49. The van der Waals surface area contributed by atoms with E-state index in [-0.39, 0.29) is 0 Å². The van der Waals surface area contributed by atoms with Crippen LogP contribution in [0.25, 0.3) is 10.8 Å². The fourth-order valence-electron chi connectivity index (χ4n) is 1.92. The molecule has 0 amide bonds. The molecule has 0 spiro atoms. The van der Waals surface area contributed by atoms with Gasteiger partial charge in [0, 0.05) is 5.39 Å². The molecule has 2 aromatic carbocycles. The topological polar surface area (TPSA) is 32.8 Å². The van der Waals surface area contributed by atoms with Crippen molar-refractivity contribution in [1.29, 1.82) is 0 Å². The quantitative estimate of drug-likeness (QED) is 0.802. The number of rotatable bonds is 4. The second kappa shape index (κ2) is 5.33. The van der Waals surface area contributed by atoms with Gasteiger partial charge in [-0.05, 0) is 39.6 Å². The first-order chi connectivity index (χ1) is 8.95. The molecule has 0 radical (unpaired) electrons. The van der Waals surface area contributed by atoms with Gasteiger partial charge in [-0.15, -0.1) is 0 Å². The van der Waals surface area contributed by atoms with Crippen molar-refractivity contribution in [2.24, 2.45) is 0 Å². The molecule has 0 unspecified atom stereocenters. The SMILES string of the molecule is CN(C)P(=O)(Oc1cccc2ccccc12)N(C)C. The lowest BCUT2D eigenvalue weighted by Crippen LogP contribution is -2.24.